The number of allylic oxidation sites excluding steroid dienone is 4. The van der Waals surface area contributed by atoms with Crippen LogP contribution in [0.4, 0.5) is 5.82 Å². The van der Waals surface area contributed by atoms with Crippen LogP contribution in [0.15, 0.2) is 41.0 Å². The molecule has 0 aromatic carbocycles. The van der Waals surface area contributed by atoms with Crippen molar-refractivity contribution < 1.29 is 0 Å². The fourth-order valence-corrected chi connectivity index (χ4v) is 3.00. The highest BCUT2D eigenvalue weighted by Crippen LogP contribution is 2.22. The molecule has 0 radical (unpaired) electrons. The average molecular weight is 323 g/mol. The van der Waals surface area contributed by atoms with E-state index >= 15 is 0 Å². The lowest BCUT2D eigenvalue weighted by atomic mass is 9.97. The van der Waals surface area contributed by atoms with Gasteiger partial charge in [-0.25, -0.2) is 19.7 Å². The number of nitrogens with two attached hydrogens (primary N) is 1. The molecule has 0 amide bonds. The Morgan fingerprint density at radius 2 is 2.29 bits per heavy atom. The van der Waals surface area contributed by atoms with Crippen LogP contribution in [0.2, 0.25) is 0 Å². The Morgan fingerprint density at radius 1 is 1.42 bits per heavy atom. The van der Waals surface area contributed by atoms with Crippen LogP contribution in [0.3, 0.4) is 0 Å². The smallest absolute Gasteiger partial charge is 0.327 e. The number of hydrogen-bond donors (Lipinski definition) is 3. The van der Waals surface area contributed by atoms with Crippen molar-refractivity contribution in [3.05, 3.63) is 46.7 Å². The summed E-state index contributed by atoms with van der Waals surface area (Å²) in [7, 11) is 0. The molecule has 8 nitrogen and oxygen atoms in total. The fraction of sp³-hybridized carbons (Fsp3) is 0.250. The quantitative estimate of drug-likeness (QED) is 0.677. The lowest BCUT2D eigenvalue weighted by Crippen LogP contribution is -2.21. The second-order valence-electron chi connectivity index (χ2n) is 5.92. The second kappa shape index (κ2) is 5.48. The predicted octanol–water partition coefficient (Wildman–Crippen LogP) is 1.61. The van der Waals surface area contributed by atoms with Crippen LogP contribution in [0.5, 0.6) is 0 Å². The van der Waals surface area contributed by atoms with Crippen molar-refractivity contribution in [1.29, 1.82) is 0 Å². The largest absolute Gasteiger partial charge is 0.382 e. The zero-order valence-corrected chi connectivity index (χ0v) is 13.2. The van der Waals surface area contributed by atoms with E-state index in [4.69, 9.17) is 5.73 Å². The first-order chi connectivity index (χ1) is 11.6. The Labute approximate surface area is 137 Å². The summed E-state index contributed by atoms with van der Waals surface area (Å²) < 4.78 is 1.62. The molecule has 1 aliphatic carbocycles. The molecule has 24 heavy (non-hydrogen) atoms. The summed E-state index contributed by atoms with van der Waals surface area (Å²) in [6.07, 6.45) is 10.6. The van der Waals surface area contributed by atoms with Gasteiger partial charge in [-0.3, -0.25) is 4.57 Å². The van der Waals surface area contributed by atoms with Crippen LogP contribution < -0.4 is 11.4 Å². The van der Waals surface area contributed by atoms with E-state index in [1.165, 1.54) is 5.57 Å². The highest BCUT2D eigenvalue weighted by Gasteiger charge is 2.18. The van der Waals surface area contributed by atoms with Crippen LogP contribution in [0, 0.1) is 5.92 Å². The number of nitrogens with one attached hydrogen (secondary N) is 2. The monoisotopic (exact) mass is 323 g/mol. The van der Waals surface area contributed by atoms with E-state index in [1.807, 2.05) is 0 Å². The maximum Gasteiger partial charge on any atom is 0.327 e. The van der Waals surface area contributed by atoms with Crippen molar-refractivity contribution >= 4 is 17.0 Å². The number of aromatic nitrogens is 6. The third kappa shape index (κ3) is 2.41. The number of anilines is 1. The molecule has 8 heteroatoms. The van der Waals surface area contributed by atoms with Gasteiger partial charge in [-0.15, -0.1) is 0 Å². The average Bonchev–Trinajstić information content (AvgIpc) is 3.18. The third-order valence-corrected chi connectivity index (χ3v) is 4.10. The maximum absolute atomic E-state index is 12.4. The van der Waals surface area contributed by atoms with Crippen LogP contribution in [-0.2, 0) is 6.54 Å². The first-order valence-electron chi connectivity index (χ1n) is 7.72. The van der Waals surface area contributed by atoms with Gasteiger partial charge in [0.2, 0.25) is 0 Å². The van der Waals surface area contributed by atoms with E-state index in [0.717, 1.165) is 6.42 Å². The van der Waals surface area contributed by atoms with Gasteiger partial charge in [0.1, 0.15) is 5.52 Å². The molecule has 1 aliphatic rings. The molecule has 1 atom stereocenters. The Bertz CT molecular complexity index is 1010. The lowest BCUT2D eigenvalue weighted by Gasteiger charge is -2.15. The zero-order valence-electron chi connectivity index (χ0n) is 13.2. The Kier molecular flexibility index (Phi) is 3.30. The second-order valence-corrected chi connectivity index (χ2v) is 5.92. The highest BCUT2D eigenvalue weighted by atomic mass is 16.1. The van der Waals surface area contributed by atoms with E-state index in [2.05, 4.69) is 50.1 Å². The van der Waals surface area contributed by atoms with Gasteiger partial charge in [0, 0.05) is 18.9 Å². The van der Waals surface area contributed by atoms with E-state index in [0.29, 0.717) is 29.4 Å². The molecular formula is C16H17N7O. The predicted molar refractivity (Wildman–Crippen MR) is 91.1 cm³/mol. The Balaban J connectivity index is 1.82. The maximum atomic E-state index is 12.4. The first-order valence-corrected chi connectivity index (χ1v) is 7.72. The number of nitrogen functional groups attached to an aromatic ring is 1. The van der Waals surface area contributed by atoms with Crippen LogP contribution in [0.25, 0.3) is 22.8 Å². The summed E-state index contributed by atoms with van der Waals surface area (Å²) in [6, 6.07) is 0. The molecule has 122 valence electrons. The van der Waals surface area contributed by atoms with Gasteiger partial charge in [-0.05, 0) is 19.3 Å². The van der Waals surface area contributed by atoms with Crippen molar-refractivity contribution in [2.75, 3.05) is 5.73 Å². The zero-order chi connectivity index (χ0) is 16.7. The minimum Gasteiger partial charge on any atom is -0.382 e. The molecule has 3 heterocycles. The highest BCUT2D eigenvalue weighted by molar-refractivity contribution is 5.83. The van der Waals surface area contributed by atoms with Crippen molar-refractivity contribution in [3.8, 4) is 11.6 Å². The van der Waals surface area contributed by atoms with Gasteiger partial charge >= 0.3 is 5.69 Å². The molecule has 3 aromatic heterocycles. The lowest BCUT2D eigenvalue weighted by molar-refractivity contribution is 0.526. The van der Waals surface area contributed by atoms with Gasteiger partial charge in [-0.1, -0.05) is 23.8 Å². The summed E-state index contributed by atoms with van der Waals surface area (Å²) in [4.78, 5) is 30.9. The van der Waals surface area contributed by atoms with Gasteiger partial charge in [0.05, 0.1) is 0 Å². The Hall–Kier alpha value is -3.16. The number of aromatic amines is 2. The van der Waals surface area contributed by atoms with Crippen LogP contribution >= 0.6 is 0 Å². The molecule has 1 unspecified atom stereocenters. The molecular weight excluding hydrogens is 306 g/mol. The van der Waals surface area contributed by atoms with Gasteiger partial charge in [0.25, 0.3) is 0 Å². The van der Waals surface area contributed by atoms with E-state index in [-0.39, 0.29) is 17.4 Å². The van der Waals surface area contributed by atoms with Crippen LogP contribution in [-0.4, -0.2) is 29.5 Å². The number of rotatable bonds is 3. The molecule has 4 rings (SSSR count). The molecule has 0 aliphatic heterocycles. The van der Waals surface area contributed by atoms with E-state index in [1.54, 1.807) is 17.0 Å². The van der Waals surface area contributed by atoms with Gasteiger partial charge in [0.15, 0.2) is 23.1 Å². The minimum absolute atomic E-state index is 0.233. The van der Waals surface area contributed by atoms with Gasteiger partial charge in [-0.2, -0.15) is 0 Å². The van der Waals surface area contributed by atoms with E-state index < -0.39 is 0 Å². The number of H-pyrrole nitrogens is 2. The molecule has 0 bridgehead atoms. The molecule has 0 fully saturated rings. The fourth-order valence-electron chi connectivity index (χ4n) is 3.00. The number of hydrogen-bond acceptors (Lipinski definition) is 5. The number of imidazole rings is 2. The molecule has 4 N–H and O–H groups in total. The third-order valence-electron chi connectivity index (χ3n) is 4.10. The topological polar surface area (TPSA) is 118 Å². The summed E-state index contributed by atoms with van der Waals surface area (Å²) in [5.74, 6) is 1.36. The normalized spacial score (nSPS) is 17.4. The number of nitrogens with zero attached hydrogens (tertiary/aromatic N) is 4. The summed E-state index contributed by atoms with van der Waals surface area (Å²) in [5.41, 5.74) is 7.93. The Morgan fingerprint density at radius 3 is 3.04 bits per heavy atom. The molecule has 3 aromatic rings. The molecule has 0 saturated heterocycles. The van der Waals surface area contributed by atoms with Crippen molar-refractivity contribution in [3.63, 3.8) is 0 Å². The van der Waals surface area contributed by atoms with E-state index in [9.17, 15) is 4.79 Å². The van der Waals surface area contributed by atoms with Crippen molar-refractivity contribution in [2.45, 2.75) is 19.9 Å². The summed E-state index contributed by atoms with van der Waals surface area (Å²) >= 11 is 0. The SMILES string of the molecule is CC1=CC(Cn2c(=O)[nH]c3c(N)nc(-c4ncc[nH]4)nc32)CC=C1. The first kappa shape index (κ1) is 14.4. The standard InChI is InChI=1S/C16H17N7O/c1-9-3-2-4-10(7-9)8-23-15-11(20-16(23)24)12(17)21-14(22-15)13-18-5-6-19-13/h2-3,5-7,10H,4,8H2,1H3,(H,18,19)(H,20,24)(H2,17,21,22). The molecule has 0 saturated carbocycles. The minimum atomic E-state index is -0.233. The molecule has 0 spiro atoms. The van der Waals surface area contributed by atoms with Crippen molar-refractivity contribution in [1.82, 2.24) is 29.5 Å². The number of fused-ring (bicyclic) bond motifs is 1. The van der Waals surface area contributed by atoms with Gasteiger partial charge < -0.3 is 15.7 Å². The summed E-state index contributed by atoms with van der Waals surface area (Å²) in [6.45, 7) is 2.59. The van der Waals surface area contributed by atoms with Crippen LogP contribution in [0.1, 0.15) is 13.3 Å². The van der Waals surface area contributed by atoms with Crippen molar-refractivity contribution in [2.24, 2.45) is 5.92 Å². The summed E-state index contributed by atoms with van der Waals surface area (Å²) in [5, 5.41) is 0.